The second-order valence-electron chi connectivity index (χ2n) is 3.83. The van der Waals surface area contributed by atoms with Crippen LogP contribution in [-0.2, 0) is 11.3 Å². The lowest BCUT2D eigenvalue weighted by molar-refractivity contribution is 0.0486. The average molecular weight is 277 g/mol. The van der Waals surface area contributed by atoms with E-state index in [1.807, 2.05) is 20.2 Å². The van der Waals surface area contributed by atoms with Gasteiger partial charge in [0.05, 0.1) is 13.2 Å². The van der Waals surface area contributed by atoms with Crippen molar-refractivity contribution in [2.45, 2.75) is 13.5 Å². The number of nitrogens with one attached hydrogen (secondary N) is 1. The third-order valence-electron chi connectivity index (χ3n) is 2.31. The molecule has 0 unspecified atom stereocenters. The molecule has 18 heavy (non-hydrogen) atoms. The van der Waals surface area contributed by atoms with Crippen LogP contribution in [-0.4, -0.2) is 44.7 Å². The quantitative estimate of drug-likeness (QED) is 0.766. The van der Waals surface area contributed by atoms with Crippen LogP contribution in [0, 0.1) is 0 Å². The molecule has 1 N–H and O–H groups in total. The molecular formula is C12H21ClN2O3. The van der Waals surface area contributed by atoms with Gasteiger partial charge < -0.3 is 14.5 Å². The number of furan rings is 1. The summed E-state index contributed by atoms with van der Waals surface area (Å²) in [6, 6.07) is 3.46. The fourth-order valence-electron chi connectivity index (χ4n) is 1.42. The normalized spacial score (nSPS) is 10.2. The van der Waals surface area contributed by atoms with Gasteiger partial charge in [-0.15, -0.1) is 12.4 Å². The van der Waals surface area contributed by atoms with Crippen LogP contribution in [0.25, 0.3) is 0 Å². The maximum Gasteiger partial charge on any atom is 0.374 e. The molecule has 0 spiro atoms. The summed E-state index contributed by atoms with van der Waals surface area (Å²) in [7, 11) is 3.92. The minimum atomic E-state index is -0.406. The third kappa shape index (κ3) is 5.53. The van der Waals surface area contributed by atoms with Crippen LogP contribution in [0.5, 0.6) is 0 Å². The van der Waals surface area contributed by atoms with Crippen molar-refractivity contribution in [3.63, 3.8) is 0 Å². The van der Waals surface area contributed by atoms with E-state index in [0.29, 0.717) is 13.2 Å². The fourth-order valence-corrected chi connectivity index (χ4v) is 1.42. The van der Waals surface area contributed by atoms with Gasteiger partial charge in [-0.25, -0.2) is 4.79 Å². The number of rotatable bonds is 7. The zero-order chi connectivity index (χ0) is 12.7. The van der Waals surface area contributed by atoms with Gasteiger partial charge in [-0.1, -0.05) is 0 Å². The largest absolute Gasteiger partial charge is 0.460 e. The summed E-state index contributed by atoms with van der Waals surface area (Å²) in [6.07, 6.45) is 0. The SMILES string of the molecule is CCOC(=O)c1ccc(CN(C)CCNC)o1.Cl. The molecular weight excluding hydrogens is 256 g/mol. The summed E-state index contributed by atoms with van der Waals surface area (Å²) in [6.45, 7) is 4.65. The van der Waals surface area contributed by atoms with E-state index in [0.717, 1.165) is 18.8 Å². The molecule has 0 aliphatic rings. The number of hydrogen-bond donors (Lipinski definition) is 1. The number of likely N-dealkylation sites (N-methyl/N-ethyl adjacent to an activating group) is 2. The molecule has 0 aliphatic carbocycles. The van der Waals surface area contributed by atoms with Gasteiger partial charge in [-0.3, -0.25) is 4.90 Å². The first kappa shape index (κ1) is 17.0. The smallest absolute Gasteiger partial charge is 0.374 e. The highest BCUT2D eigenvalue weighted by Crippen LogP contribution is 2.11. The number of esters is 1. The molecule has 1 rings (SSSR count). The van der Waals surface area contributed by atoms with Gasteiger partial charge >= 0.3 is 5.97 Å². The summed E-state index contributed by atoms with van der Waals surface area (Å²) in [4.78, 5) is 13.5. The molecule has 0 fully saturated rings. The first-order valence-electron chi connectivity index (χ1n) is 5.76. The average Bonchev–Trinajstić information content (AvgIpc) is 2.75. The molecule has 1 aromatic rings. The number of halogens is 1. The predicted octanol–water partition coefficient (Wildman–Crippen LogP) is 1.53. The van der Waals surface area contributed by atoms with Crippen molar-refractivity contribution in [3.05, 3.63) is 23.7 Å². The van der Waals surface area contributed by atoms with Crippen molar-refractivity contribution in [2.24, 2.45) is 0 Å². The molecule has 0 saturated carbocycles. The number of hydrogen-bond acceptors (Lipinski definition) is 5. The summed E-state index contributed by atoms with van der Waals surface area (Å²) in [5.41, 5.74) is 0. The van der Waals surface area contributed by atoms with Gasteiger partial charge in [0.15, 0.2) is 0 Å². The molecule has 0 bridgehead atoms. The Morgan fingerprint density at radius 3 is 2.83 bits per heavy atom. The Morgan fingerprint density at radius 1 is 1.50 bits per heavy atom. The van der Waals surface area contributed by atoms with Gasteiger partial charge in [0, 0.05) is 13.1 Å². The van der Waals surface area contributed by atoms with Gasteiger partial charge in [-0.05, 0) is 33.2 Å². The molecule has 0 aromatic carbocycles. The second kappa shape index (κ2) is 8.97. The Hall–Kier alpha value is -1.04. The Kier molecular flexibility index (Phi) is 8.45. The van der Waals surface area contributed by atoms with E-state index in [1.54, 1.807) is 13.0 Å². The van der Waals surface area contributed by atoms with Crippen LogP contribution in [0.4, 0.5) is 0 Å². The van der Waals surface area contributed by atoms with Gasteiger partial charge in [0.25, 0.3) is 0 Å². The van der Waals surface area contributed by atoms with E-state index < -0.39 is 5.97 Å². The number of ether oxygens (including phenoxy) is 1. The minimum absolute atomic E-state index is 0. The third-order valence-corrected chi connectivity index (χ3v) is 2.31. The van der Waals surface area contributed by atoms with E-state index in [9.17, 15) is 4.79 Å². The zero-order valence-corrected chi connectivity index (χ0v) is 11.9. The van der Waals surface area contributed by atoms with Crippen LogP contribution in [0.15, 0.2) is 16.5 Å². The van der Waals surface area contributed by atoms with Crippen molar-refractivity contribution in [1.82, 2.24) is 10.2 Å². The molecule has 0 aliphatic heterocycles. The maximum atomic E-state index is 11.4. The molecule has 0 amide bonds. The van der Waals surface area contributed by atoms with Gasteiger partial charge in [0.1, 0.15) is 5.76 Å². The highest BCUT2D eigenvalue weighted by Gasteiger charge is 2.12. The van der Waals surface area contributed by atoms with Crippen molar-refractivity contribution >= 4 is 18.4 Å². The lowest BCUT2D eigenvalue weighted by atomic mass is 10.4. The van der Waals surface area contributed by atoms with E-state index in [4.69, 9.17) is 9.15 Å². The molecule has 0 saturated heterocycles. The van der Waals surface area contributed by atoms with Gasteiger partial charge in [-0.2, -0.15) is 0 Å². The summed E-state index contributed by atoms with van der Waals surface area (Å²) < 4.78 is 10.3. The highest BCUT2D eigenvalue weighted by atomic mass is 35.5. The first-order chi connectivity index (χ1) is 8.17. The standard InChI is InChI=1S/C12H20N2O3.ClH/c1-4-16-12(15)11-6-5-10(17-11)9-14(3)8-7-13-2;/h5-6,13H,4,7-9H2,1-3H3;1H. The zero-order valence-electron chi connectivity index (χ0n) is 11.1. The van der Waals surface area contributed by atoms with Crippen LogP contribution < -0.4 is 5.32 Å². The fraction of sp³-hybridized carbons (Fsp3) is 0.583. The summed E-state index contributed by atoms with van der Waals surface area (Å²) >= 11 is 0. The second-order valence-corrected chi connectivity index (χ2v) is 3.83. The molecule has 0 radical (unpaired) electrons. The molecule has 5 nitrogen and oxygen atoms in total. The molecule has 104 valence electrons. The Morgan fingerprint density at radius 2 is 2.22 bits per heavy atom. The topological polar surface area (TPSA) is 54.7 Å². The Balaban J connectivity index is 0.00000289. The molecule has 1 heterocycles. The van der Waals surface area contributed by atoms with E-state index in [1.165, 1.54) is 0 Å². The van der Waals surface area contributed by atoms with Crippen LogP contribution in [0.2, 0.25) is 0 Å². The predicted molar refractivity (Wildman–Crippen MR) is 72.2 cm³/mol. The number of nitrogens with zero attached hydrogens (tertiary/aromatic N) is 1. The first-order valence-corrected chi connectivity index (χ1v) is 5.76. The van der Waals surface area contributed by atoms with Crippen molar-refractivity contribution < 1.29 is 13.9 Å². The summed E-state index contributed by atoms with van der Waals surface area (Å²) in [5.74, 6) is 0.632. The van der Waals surface area contributed by atoms with E-state index in [-0.39, 0.29) is 18.2 Å². The lowest BCUT2D eigenvalue weighted by Crippen LogP contribution is -2.26. The van der Waals surface area contributed by atoms with Crippen molar-refractivity contribution in [2.75, 3.05) is 33.8 Å². The molecule has 1 aromatic heterocycles. The van der Waals surface area contributed by atoms with Crippen molar-refractivity contribution in [3.8, 4) is 0 Å². The number of carbonyl (C=O) groups excluding carboxylic acids is 1. The van der Waals surface area contributed by atoms with Crippen LogP contribution >= 0.6 is 12.4 Å². The van der Waals surface area contributed by atoms with E-state index in [2.05, 4.69) is 10.2 Å². The lowest BCUT2D eigenvalue weighted by Gasteiger charge is -2.14. The van der Waals surface area contributed by atoms with Crippen molar-refractivity contribution in [1.29, 1.82) is 0 Å². The minimum Gasteiger partial charge on any atom is -0.460 e. The van der Waals surface area contributed by atoms with Crippen LogP contribution in [0.1, 0.15) is 23.2 Å². The highest BCUT2D eigenvalue weighted by molar-refractivity contribution is 5.86. The Bertz CT molecular complexity index is 355. The van der Waals surface area contributed by atoms with Crippen LogP contribution in [0.3, 0.4) is 0 Å². The molecule has 0 atom stereocenters. The summed E-state index contributed by atoms with van der Waals surface area (Å²) in [5, 5.41) is 3.08. The number of carbonyl (C=O) groups is 1. The van der Waals surface area contributed by atoms with Gasteiger partial charge in [0.2, 0.25) is 5.76 Å². The van der Waals surface area contributed by atoms with E-state index >= 15 is 0 Å². The maximum absolute atomic E-state index is 11.4. The monoisotopic (exact) mass is 276 g/mol. The molecule has 6 heteroatoms. The Labute approximate surface area is 114 Å².